The molecule has 146 valence electrons. The van der Waals surface area contributed by atoms with Gasteiger partial charge in [-0.15, -0.1) is 0 Å². The minimum Gasteiger partial charge on any atom is -0.493 e. The molecule has 0 saturated carbocycles. The number of hydrogen-bond donors (Lipinski definition) is 2. The Morgan fingerprint density at radius 1 is 1.11 bits per heavy atom. The predicted molar refractivity (Wildman–Crippen MR) is 99.9 cm³/mol. The van der Waals surface area contributed by atoms with Crippen LogP contribution in [0, 0.1) is 12.3 Å². The van der Waals surface area contributed by atoms with Gasteiger partial charge in [0.05, 0.1) is 14.2 Å². The zero-order chi connectivity index (χ0) is 20.0. The molecule has 1 aromatic carbocycles. The van der Waals surface area contributed by atoms with Crippen molar-refractivity contribution in [2.45, 2.75) is 27.2 Å². The molecule has 1 aromatic heterocycles. The summed E-state index contributed by atoms with van der Waals surface area (Å²) >= 11 is 0. The summed E-state index contributed by atoms with van der Waals surface area (Å²) < 4.78 is 15.4. The molecule has 0 spiro atoms. The van der Waals surface area contributed by atoms with Crippen molar-refractivity contribution in [3.05, 3.63) is 35.6 Å². The average Bonchev–Trinajstić information content (AvgIpc) is 3.05. The Balaban J connectivity index is 1.91. The molecule has 0 atom stereocenters. The first-order chi connectivity index (χ1) is 12.8. The number of amides is 2. The quantitative estimate of drug-likeness (QED) is 0.687. The van der Waals surface area contributed by atoms with E-state index < -0.39 is 11.3 Å². The highest BCUT2D eigenvalue weighted by Gasteiger charge is 2.36. The number of anilines is 1. The second kappa shape index (κ2) is 8.57. The van der Waals surface area contributed by atoms with Crippen LogP contribution in [0.5, 0.6) is 11.5 Å². The molecule has 0 saturated heterocycles. The topological polar surface area (TPSA) is 103 Å². The number of benzene rings is 1. The summed E-state index contributed by atoms with van der Waals surface area (Å²) in [6, 6.07) is 7.16. The first-order valence-electron chi connectivity index (χ1n) is 8.52. The van der Waals surface area contributed by atoms with Gasteiger partial charge in [0.1, 0.15) is 11.2 Å². The molecule has 1 heterocycles. The summed E-state index contributed by atoms with van der Waals surface area (Å²) in [5, 5.41) is 9.08. The van der Waals surface area contributed by atoms with Crippen molar-refractivity contribution in [1.82, 2.24) is 10.5 Å². The third-order valence-electron chi connectivity index (χ3n) is 4.15. The molecule has 2 amide bonds. The van der Waals surface area contributed by atoms with Crippen LogP contribution in [0.1, 0.15) is 25.2 Å². The van der Waals surface area contributed by atoms with Gasteiger partial charge in [-0.05, 0) is 44.9 Å². The number of methoxy groups -OCH3 is 2. The lowest BCUT2D eigenvalue weighted by Gasteiger charge is -2.22. The lowest BCUT2D eigenvalue weighted by Crippen LogP contribution is -2.45. The van der Waals surface area contributed by atoms with Gasteiger partial charge < -0.3 is 24.6 Å². The highest BCUT2D eigenvalue weighted by atomic mass is 16.5. The maximum atomic E-state index is 12.5. The number of carbonyl (C=O) groups excluding carboxylic acids is 2. The Morgan fingerprint density at radius 2 is 1.81 bits per heavy atom. The third kappa shape index (κ3) is 4.99. The van der Waals surface area contributed by atoms with Crippen molar-refractivity contribution in [2.24, 2.45) is 5.41 Å². The number of hydrogen-bond acceptors (Lipinski definition) is 6. The van der Waals surface area contributed by atoms with Gasteiger partial charge in [0.2, 0.25) is 11.8 Å². The van der Waals surface area contributed by atoms with Gasteiger partial charge in [-0.25, -0.2) is 0 Å². The van der Waals surface area contributed by atoms with Crippen molar-refractivity contribution < 1.29 is 23.6 Å². The van der Waals surface area contributed by atoms with Crippen LogP contribution < -0.4 is 20.1 Å². The summed E-state index contributed by atoms with van der Waals surface area (Å²) in [7, 11) is 3.14. The summed E-state index contributed by atoms with van der Waals surface area (Å²) in [5.41, 5.74) is -0.280. The summed E-state index contributed by atoms with van der Waals surface area (Å²) in [6.07, 6.45) is 0.590. The molecule has 2 N–H and O–H groups in total. The van der Waals surface area contributed by atoms with Crippen LogP contribution in [0.15, 0.2) is 28.8 Å². The molecule has 8 nitrogen and oxygen atoms in total. The fraction of sp³-hybridized carbons (Fsp3) is 0.421. The number of rotatable bonds is 8. The van der Waals surface area contributed by atoms with Crippen LogP contribution in [0.2, 0.25) is 0 Å². The molecule has 0 radical (unpaired) electrons. The van der Waals surface area contributed by atoms with Crippen molar-refractivity contribution >= 4 is 17.6 Å². The molecule has 2 aromatic rings. The maximum Gasteiger partial charge on any atom is 0.240 e. The van der Waals surface area contributed by atoms with E-state index in [1.54, 1.807) is 41.1 Å². The van der Waals surface area contributed by atoms with Gasteiger partial charge in [0.15, 0.2) is 17.3 Å². The highest BCUT2D eigenvalue weighted by molar-refractivity contribution is 6.09. The SMILES string of the molecule is COc1ccc(CCNC(=O)C(C)(C)C(=O)Nc2cc(C)on2)cc1OC. The largest absolute Gasteiger partial charge is 0.493 e. The Morgan fingerprint density at radius 3 is 2.41 bits per heavy atom. The van der Waals surface area contributed by atoms with Crippen molar-refractivity contribution in [3.8, 4) is 11.5 Å². The number of nitrogens with zero attached hydrogens (tertiary/aromatic N) is 1. The van der Waals surface area contributed by atoms with Crippen LogP contribution in [0.4, 0.5) is 5.82 Å². The van der Waals surface area contributed by atoms with E-state index in [-0.39, 0.29) is 11.7 Å². The van der Waals surface area contributed by atoms with Crippen molar-refractivity contribution in [1.29, 1.82) is 0 Å². The molecular formula is C19H25N3O5. The van der Waals surface area contributed by atoms with E-state index in [2.05, 4.69) is 15.8 Å². The first kappa shape index (κ1) is 20.3. The Hall–Kier alpha value is -3.03. The summed E-state index contributed by atoms with van der Waals surface area (Å²) in [4.78, 5) is 24.8. The van der Waals surface area contributed by atoms with Gasteiger partial charge in [-0.3, -0.25) is 9.59 Å². The molecule has 27 heavy (non-hydrogen) atoms. The van der Waals surface area contributed by atoms with Gasteiger partial charge in [0.25, 0.3) is 0 Å². The minimum absolute atomic E-state index is 0.281. The van der Waals surface area contributed by atoms with E-state index in [1.165, 1.54) is 0 Å². The number of ether oxygens (including phenoxy) is 2. The number of nitrogens with one attached hydrogen (secondary N) is 2. The zero-order valence-corrected chi connectivity index (χ0v) is 16.2. The molecular weight excluding hydrogens is 350 g/mol. The van der Waals surface area contributed by atoms with E-state index in [1.807, 2.05) is 18.2 Å². The van der Waals surface area contributed by atoms with Gasteiger partial charge in [0, 0.05) is 12.6 Å². The molecule has 0 unspecified atom stereocenters. The molecule has 0 aliphatic rings. The Kier molecular flexibility index (Phi) is 6.44. The van der Waals surface area contributed by atoms with E-state index in [4.69, 9.17) is 14.0 Å². The van der Waals surface area contributed by atoms with E-state index in [9.17, 15) is 9.59 Å². The Bertz CT molecular complexity index is 813. The second-order valence-electron chi connectivity index (χ2n) is 6.60. The van der Waals surface area contributed by atoms with Crippen molar-refractivity contribution in [3.63, 3.8) is 0 Å². The first-order valence-corrected chi connectivity index (χ1v) is 8.52. The van der Waals surface area contributed by atoms with Gasteiger partial charge in [-0.1, -0.05) is 11.2 Å². The van der Waals surface area contributed by atoms with Crippen LogP contribution in [0.25, 0.3) is 0 Å². The predicted octanol–water partition coefficient (Wildman–Crippen LogP) is 2.32. The Labute approximate surface area is 158 Å². The second-order valence-corrected chi connectivity index (χ2v) is 6.60. The molecule has 8 heteroatoms. The van der Waals surface area contributed by atoms with Crippen molar-refractivity contribution in [2.75, 3.05) is 26.1 Å². The molecule has 0 bridgehead atoms. The lowest BCUT2D eigenvalue weighted by atomic mass is 9.91. The van der Waals surface area contributed by atoms with Crippen LogP contribution in [0.3, 0.4) is 0 Å². The fourth-order valence-corrected chi connectivity index (χ4v) is 2.38. The monoisotopic (exact) mass is 375 g/mol. The van der Waals surface area contributed by atoms with Crippen LogP contribution in [-0.2, 0) is 16.0 Å². The minimum atomic E-state index is -1.26. The van der Waals surface area contributed by atoms with Gasteiger partial charge in [-0.2, -0.15) is 0 Å². The zero-order valence-electron chi connectivity index (χ0n) is 16.2. The smallest absolute Gasteiger partial charge is 0.240 e. The fourth-order valence-electron chi connectivity index (χ4n) is 2.38. The van der Waals surface area contributed by atoms with E-state index in [0.29, 0.717) is 30.2 Å². The molecule has 0 aliphatic carbocycles. The molecule has 0 aliphatic heterocycles. The molecule has 2 rings (SSSR count). The van der Waals surface area contributed by atoms with Crippen LogP contribution in [-0.4, -0.2) is 37.7 Å². The lowest BCUT2D eigenvalue weighted by molar-refractivity contribution is -0.138. The normalized spacial score (nSPS) is 11.0. The number of aryl methyl sites for hydroxylation is 1. The average molecular weight is 375 g/mol. The molecule has 0 fully saturated rings. The van der Waals surface area contributed by atoms with E-state index in [0.717, 1.165) is 5.56 Å². The van der Waals surface area contributed by atoms with E-state index >= 15 is 0 Å². The highest BCUT2D eigenvalue weighted by Crippen LogP contribution is 2.27. The number of carbonyl (C=O) groups is 2. The standard InChI is InChI=1S/C19H25N3O5/c1-12-10-16(22-27-12)21-18(24)19(2,3)17(23)20-9-8-13-6-7-14(25-4)15(11-13)26-5/h6-7,10-11H,8-9H2,1-5H3,(H,20,23)(H,21,22,24). The summed E-state index contributed by atoms with van der Waals surface area (Å²) in [5.74, 6) is 1.29. The summed E-state index contributed by atoms with van der Waals surface area (Å²) in [6.45, 7) is 5.21. The third-order valence-corrected chi connectivity index (χ3v) is 4.15. The van der Waals surface area contributed by atoms with Gasteiger partial charge >= 0.3 is 0 Å². The number of aromatic nitrogens is 1. The maximum absolute atomic E-state index is 12.5. The van der Waals surface area contributed by atoms with Crippen LogP contribution >= 0.6 is 0 Å².